The first-order valence-corrected chi connectivity index (χ1v) is 7.28. The van der Waals surface area contributed by atoms with Crippen LogP contribution in [0, 0.1) is 0 Å². The zero-order valence-corrected chi connectivity index (χ0v) is 13.3. The van der Waals surface area contributed by atoms with E-state index in [0.29, 0.717) is 11.6 Å². The van der Waals surface area contributed by atoms with Gasteiger partial charge in [-0.1, -0.05) is 41.9 Å². The van der Waals surface area contributed by atoms with E-state index >= 15 is 0 Å². The van der Waals surface area contributed by atoms with Gasteiger partial charge in [0, 0.05) is 18.6 Å². The van der Waals surface area contributed by atoms with Crippen molar-refractivity contribution in [1.29, 1.82) is 0 Å². The Morgan fingerprint density at radius 3 is 2.57 bits per heavy atom. The third kappa shape index (κ3) is 4.72. The lowest BCUT2D eigenvalue weighted by Crippen LogP contribution is -2.30. The van der Waals surface area contributed by atoms with Crippen LogP contribution in [-0.2, 0) is 16.1 Å². The second-order valence-corrected chi connectivity index (χ2v) is 5.41. The van der Waals surface area contributed by atoms with Gasteiger partial charge in [0.05, 0.1) is 0 Å². The van der Waals surface area contributed by atoms with Crippen LogP contribution in [0.15, 0.2) is 48.5 Å². The molecular weight excluding hydrogens is 318 g/mol. The Morgan fingerprint density at radius 2 is 1.87 bits per heavy atom. The summed E-state index contributed by atoms with van der Waals surface area (Å²) in [5.41, 5.74) is 0.901. The van der Waals surface area contributed by atoms with Crippen LogP contribution in [0.5, 0.6) is 5.75 Å². The number of phenols is 1. The summed E-state index contributed by atoms with van der Waals surface area (Å²) in [4.78, 5) is 25.3. The Balaban J connectivity index is 1.90. The number of benzene rings is 2. The molecule has 0 aliphatic carbocycles. The molecule has 0 aromatic heterocycles. The van der Waals surface area contributed by atoms with E-state index in [-0.39, 0.29) is 17.2 Å². The molecule has 0 aliphatic rings. The topological polar surface area (TPSA) is 66.8 Å². The highest BCUT2D eigenvalue weighted by atomic mass is 35.5. The van der Waals surface area contributed by atoms with Crippen molar-refractivity contribution >= 4 is 23.5 Å². The molecule has 120 valence electrons. The van der Waals surface area contributed by atoms with Crippen LogP contribution in [-0.4, -0.2) is 35.5 Å². The number of esters is 1. The van der Waals surface area contributed by atoms with E-state index in [9.17, 15) is 14.7 Å². The Kier molecular flexibility index (Phi) is 5.60. The molecule has 6 heteroatoms. The van der Waals surface area contributed by atoms with Gasteiger partial charge in [-0.15, -0.1) is 0 Å². The second-order valence-electron chi connectivity index (χ2n) is 4.97. The molecule has 1 N–H and O–H groups in total. The molecule has 0 atom stereocenters. The predicted molar refractivity (Wildman–Crippen MR) is 86.3 cm³/mol. The normalized spacial score (nSPS) is 10.2. The van der Waals surface area contributed by atoms with Crippen molar-refractivity contribution in [3.63, 3.8) is 0 Å². The number of likely N-dealkylation sites (N-methyl/N-ethyl adjacent to an activating group) is 1. The number of rotatable bonds is 5. The van der Waals surface area contributed by atoms with Gasteiger partial charge in [-0.05, 0) is 23.8 Å². The molecule has 5 nitrogen and oxygen atoms in total. The summed E-state index contributed by atoms with van der Waals surface area (Å²) in [5, 5.41) is 9.91. The SMILES string of the molecule is CN(Cc1ccccc1)C(=O)COC(=O)c1cc(Cl)ccc1O. The number of hydrogen-bond acceptors (Lipinski definition) is 4. The fraction of sp³-hybridized carbons (Fsp3) is 0.176. The molecule has 0 spiro atoms. The second kappa shape index (κ2) is 7.65. The molecule has 2 aromatic rings. The first-order chi connectivity index (χ1) is 11.0. The molecule has 0 aliphatic heterocycles. The molecule has 0 saturated carbocycles. The maximum Gasteiger partial charge on any atom is 0.342 e. The zero-order valence-electron chi connectivity index (χ0n) is 12.5. The van der Waals surface area contributed by atoms with E-state index in [0.717, 1.165) is 5.56 Å². The molecule has 1 amide bonds. The van der Waals surface area contributed by atoms with E-state index in [1.807, 2.05) is 30.3 Å². The average molecular weight is 334 g/mol. The fourth-order valence-electron chi connectivity index (χ4n) is 1.93. The number of hydrogen-bond donors (Lipinski definition) is 1. The zero-order chi connectivity index (χ0) is 16.8. The first kappa shape index (κ1) is 16.8. The Hall–Kier alpha value is -2.53. The molecule has 0 bridgehead atoms. The number of carbonyl (C=O) groups excluding carboxylic acids is 2. The molecule has 0 heterocycles. The lowest BCUT2D eigenvalue weighted by molar-refractivity contribution is -0.133. The minimum Gasteiger partial charge on any atom is -0.507 e. The van der Waals surface area contributed by atoms with Crippen LogP contribution < -0.4 is 0 Å². The van der Waals surface area contributed by atoms with Gasteiger partial charge in [-0.25, -0.2) is 4.79 Å². The van der Waals surface area contributed by atoms with Gasteiger partial charge in [0.15, 0.2) is 6.61 Å². The van der Waals surface area contributed by atoms with Gasteiger partial charge < -0.3 is 14.7 Å². The fourth-order valence-corrected chi connectivity index (χ4v) is 2.10. The molecule has 2 aromatic carbocycles. The lowest BCUT2D eigenvalue weighted by Gasteiger charge is -2.17. The highest BCUT2D eigenvalue weighted by Crippen LogP contribution is 2.22. The van der Waals surface area contributed by atoms with Gasteiger partial charge in [0.2, 0.25) is 0 Å². The largest absolute Gasteiger partial charge is 0.507 e. The number of phenolic OH excluding ortho intramolecular Hbond substituents is 1. The highest BCUT2D eigenvalue weighted by Gasteiger charge is 2.16. The summed E-state index contributed by atoms with van der Waals surface area (Å²) < 4.78 is 4.94. The number of halogens is 1. The van der Waals surface area contributed by atoms with E-state index in [2.05, 4.69) is 0 Å². The number of aromatic hydroxyl groups is 1. The lowest BCUT2D eigenvalue weighted by atomic mass is 10.2. The quantitative estimate of drug-likeness (QED) is 0.854. The minimum atomic E-state index is -0.800. The molecular formula is C17H16ClNO4. The number of ether oxygens (including phenoxy) is 1. The third-order valence-corrected chi connectivity index (χ3v) is 3.43. The molecule has 0 unspecified atom stereocenters. The van der Waals surface area contributed by atoms with Gasteiger partial charge in [0.1, 0.15) is 11.3 Å². The number of amides is 1. The monoisotopic (exact) mass is 333 g/mol. The highest BCUT2D eigenvalue weighted by molar-refractivity contribution is 6.31. The molecule has 2 rings (SSSR count). The first-order valence-electron chi connectivity index (χ1n) is 6.91. The van der Waals surface area contributed by atoms with Crippen molar-refractivity contribution < 1.29 is 19.4 Å². The third-order valence-electron chi connectivity index (χ3n) is 3.19. The van der Waals surface area contributed by atoms with Gasteiger partial charge in [-0.3, -0.25) is 4.79 Å². The van der Waals surface area contributed by atoms with Crippen molar-refractivity contribution in [3.8, 4) is 5.75 Å². The number of nitrogens with zero attached hydrogens (tertiary/aromatic N) is 1. The van der Waals surface area contributed by atoms with Crippen molar-refractivity contribution in [3.05, 3.63) is 64.7 Å². The molecule has 0 fully saturated rings. The Morgan fingerprint density at radius 1 is 1.17 bits per heavy atom. The summed E-state index contributed by atoms with van der Waals surface area (Å²) in [6.45, 7) is 0.00770. The summed E-state index contributed by atoms with van der Waals surface area (Å²) in [5.74, 6) is -1.39. The van der Waals surface area contributed by atoms with E-state index < -0.39 is 12.6 Å². The maximum atomic E-state index is 12.0. The molecule has 0 radical (unpaired) electrons. The van der Waals surface area contributed by atoms with Crippen LogP contribution in [0.3, 0.4) is 0 Å². The van der Waals surface area contributed by atoms with Gasteiger partial charge in [-0.2, -0.15) is 0 Å². The van der Waals surface area contributed by atoms with Crippen LogP contribution >= 0.6 is 11.6 Å². The maximum absolute atomic E-state index is 12.0. The van der Waals surface area contributed by atoms with Crippen LogP contribution in [0.25, 0.3) is 0 Å². The van der Waals surface area contributed by atoms with Crippen molar-refractivity contribution in [2.45, 2.75) is 6.54 Å². The Bertz CT molecular complexity index is 703. The summed E-state index contributed by atoms with van der Waals surface area (Å²) in [6.07, 6.45) is 0. The van der Waals surface area contributed by atoms with Crippen LogP contribution in [0.2, 0.25) is 5.02 Å². The molecule has 23 heavy (non-hydrogen) atoms. The van der Waals surface area contributed by atoms with Crippen molar-refractivity contribution in [1.82, 2.24) is 4.90 Å². The number of carbonyl (C=O) groups is 2. The summed E-state index contributed by atoms with van der Waals surface area (Å²) in [6, 6.07) is 13.5. The van der Waals surface area contributed by atoms with Crippen molar-refractivity contribution in [2.75, 3.05) is 13.7 Å². The van der Waals surface area contributed by atoms with E-state index in [1.54, 1.807) is 7.05 Å². The Labute approximate surface area is 139 Å². The van der Waals surface area contributed by atoms with Gasteiger partial charge >= 0.3 is 5.97 Å². The van der Waals surface area contributed by atoms with Gasteiger partial charge in [0.25, 0.3) is 5.91 Å². The summed E-state index contributed by atoms with van der Waals surface area (Å²) >= 11 is 5.77. The van der Waals surface area contributed by atoms with Crippen LogP contribution in [0.1, 0.15) is 15.9 Å². The van der Waals surface area contributed by atoms with Crippen molar-refractivity contribution in [2.24, 2.45) is 0 Å². The van der Waals surface area contributed by atoms with Crippen LogP contribution in [0.4, 0.5) is 0 Å². The minimum absolute atomic E-state index is 0.0731. The smallest absolute Gasteiger partial charge is 0.342 e. The standard InChI is InChI=1S/C17H16ClNO4/c1-19(10-12-5-3-2-4-6-12)16(21)11-23-17(22)14-9-13(18)7-8-15(14)20/h2-9,20H,10-11H2,1H3. The summed E-state index contributed by atoms with van der Waals surface area (Å²) in [7, 11) is 1.63. The van der Waals surface area contributed by atoms with E-state index in [1.165, 1.54) is 23.1 Å². The average Bonchev–Trinajstić information content (AvgIpc) is 2.55. The van der Waals surface area contributed by atoms with E-state index in [4.69, 9.17) is 16.3 Å². The molecule has 0 saturated heterocycles. The predicted octanol–water partition coefficient (Wildman–Crippen LogP) is 2.86.